The van der Waals surface area contributed by atoms with Crippen molar-refractivity contribution in [2.24, 2.45) is 11.3 Å². The smallest absolute Gasteiger partial charge is 0.129 e. The van der Waals surface area contributed by atoms with Crippen molar-refractivity contribution in [3.8, 4) is 0 Å². The number of aliphatic hydroxyl groups is 1. The van der Waals surface area contributed by atoms with E-state index in [2.05, 4.69) is 5.32 Å². The third kappa shape index (κ3) is 2.79. The predicted octanol–water partition coefficient (Wildman–Crippen LogP) is 2.78. The first kappa shape index (κ1) is 13.0. The van der Waals surface area contributed by atoms with Gasteiger partial charge in [0.15, 0.2) is 0 Å². The third-order valence-electron chi connectivity index (χ3n) is 4.47. The Morgan fingerprint density at radius 2 is 2.05 bits per heavy atom. The van der Waals surface area contributed by atoms with Crippen LogP contribution in [0.2, 0.25) is 0 Å². The molecule has 1 aromatic rings. The molecule has 1 unspecified atom stereocenters. The number of benzene rings is 1. The van der Waals surface area contributed by atoms with Crippen molar-refractivity contribution in [1.82, 2.24) is 5.32 Å². The highest BCUT2D eigenvalue weighted by Crippen LogP contribution is 2.60. The molecule has 0 spiro atoms. The highest BCUT2D eigenvalue weighted by Gasteiger charge is 2.53. The van der Waals surface area contributed by atoms with Crippen molar-refractivity contribution in [3.05, 3.63) is 35.4 Å². The quantitative estimate of drug-likeness (QED) is 0.830. The van der Waals surface area contributed by atoms with Gasteiger partial charge in [-0.15, -0.1) is 0 Å². The molecule has 0 saturated heterocycles. The average molecular weight is 267 g/mol. The molecule has 2 N–H and O–H groups in total. The van der Waals surface area contributed by atoms with Gasteiger partial charge in [0.2, 0.25) is 0 Å². The molecule has 2 aliphatic carbocycles. The molecule has 2 fully saturated rings. The van der Waals surface area contributed by atoms with Crippen LogP contribution in [0.3, 0.4) is 0 Å². The topological polar surface area (TPSA) is 32.3 Å². The lowest BCUT2D eigenvalue weighted by molar-refractivity contribution is 0.166. The summed E-state index contributed by atoms with van der Waals surface area (Å²) >= 11 is 0. The van der Waals surface area contributed by atoms with Crippen molar-refractivity contribution in [3.63, 3.8) is 0 Å². The number of nitrogens with one attached hydrogen (secondary N) is 1. The number of halogens is 2. The Morgan fingerprint density at radius 1 is 1.32 bits per heavy atom. The van der Waals surface area contributed by atoms with Gasteiger partial charge in [-0.05, 0) is 55.2 Å². The molecule has 0 bridgehead atoms. The molecule has 0 heterocycles. The number of rotatable bonds is 6. The molecular weight excluding hydrogens is 248 g/mol. The minimum atomic E-state index is -0.995. The van der Waals surface area contributed by atoms with E-state index in [4.69, 9.17) is 0 Å². The molecule has 0 amide bonds. The highest BCUT2D eigenvalue weighted by atomic mass is 19.1. The Morgan fingerprint density at radius 3 is 2.68 bits per heavy atom. The zero-order valence-corrected chi connectivity index (χ0v) is 10.8. The maximum atomic E-state index is 13.5. The summed E-state index contributed by atoms with van der Waals surface area (Å²) in [6, 6.07) is 3.18. The molecule has 1 aromatic carbocycles. The van der Waals surface area contributed by atoms with Crippen LogP contribution in [-0.4, -0.2) is 18.2 Å². The minimum absolute atomic E-state index is 0.0313. The summed E-state index contributed by atoms with van der Waals surface area (Å²) < 4.78 is 26.5. The Bertz CT molecular complexity index is 469. The van der Waals surface area contributed by atoms with E-state index in [0.717, 1.165) is 30.7 Å². The van der Waals surface area contributed by atoms with Crippen LogP contribution in [0.1, 0.15) is 37.4 Å². The molecule has 1 atom stereocenters. The summed E-state index contributed by atoms with van der Waals surface area (Å²) in [6.07, 6.45) is 4.17. The lowest BCUT2D eigenvalue weighted by Gasteiger charge is -2.18. The first-order valence-corrected chi connectivity index (χ1v) is 6.94. The van der Waals surface area contributed by atoms with Crippen molar-refractivity contribution in [1.29, 1.82) is 0 Å². The molecule has 2 aliphatic rings. The van der Waals surface area contributed by atoms with Crippen LogP contribution in [0, 0.1) is 23.0 Å². The van der Waals surface area contributed by atoms with Gasteiger partial charge in [0, 0.05) is 18.7 Å². The summed E-state index contributed by atoms with van der Waals surface area (Å²) in [6.45, 7) is 1.15. The number of hydrogen-bond acceptors (Lipinski definition) is 2. The standard InChI is InChI=1S/C15H19F2NO/c16-11-3-4-13(17)12(7-11)14(19)8-18-9-15(5-6-15)10-1-2-10/h3-4,7,10,14,18-19H,1-2,5-6,8-9H2. The lowest BCUT2D eigenvalue weighted by atomic mass is 10.0. The van der Waals surface area contributed by atoms with Gasteiger partial charge in [-0.2, -0.15) is 0 Å². The maximum absolute atomic E-state index is 13.5. The zero-order valence-electron chi connectivity index (χ0n) is 10.8. The van der Waals surface area contributed by atoms with Gasteiger partial charge in [-0.1, -0.05) is 0 Å². The van der Waals surface area contributed by atoms with Gasteiger partial charge >= 0.3 is 0 Å². The van der Waals surface area contributed by atoms with E-state index in [1.165, 1.54) is 25.7 Å². The normalized spacial score (nSPS) is 22.3. The van der Waals surface area contributed by atoms with Crippen LogP contribution in [0.4, 0.5) is 8.78 Å². The second kappa shape index (κ2) is 4.84. The molecule has 104 valence electrons. The van der Waals surface area contributed by atoms with Crippen molar-refractivity contribution in [2.75, 3.05) is 13.1 Å². The molecule has 3 rings (SSSR count). The number of hydrogen-bond donors (Lipinski definition) is 2. The van der Waals surface area contributed by atoms with Gasteiger partial charge in [-0.3, -0.25) is 0 Å². The first-order valence-electron chi connectivity index (χ1n) is 6.94. The molecule has 0 aromatic heterocycles. The summed E-state index contributed by atoms with van der Waals surface area (Å²) in [7, 11) is 0. The van der Waals surface area contributed by atoms with Gasteiger partial charge < -0.3 is 10.4 Å². The Kier molecular flexibility index (Phi) is 3.31. The fourth-order valence-electron chi connectivity index (χ4n) is 2.92. The van der Waals surface area contributed by atoms with E-state index in [1.54, 1.807) is 0 Å². The van der Waals surface area contributed by atoms with Gasteiger partial charge in [-0.25, -0.2) is 8.78 Å². The van der Waals surface area contributed by atoms with Crippen LogP contribution in [0.15, 0.2) is 18.2 Å². The van der Waals surface area contributed by atoms with Gasteiger partial charge in [0.05, 0.1) is 6.10 Å². The Balaban J connectivity index is 1.53. The summed E-state index contributed by atoms with van der Waals surface area (Å²) in [4.78, 5) is 0. The average Bonchev–Trinajstić information content (AvgIpc) is 3.24. The first-order chi connectivity index (χ1) is 9.11. The highest BCUT2D eigenvalue weighted by molar-refractivity contribution is 5.21. The molecule has 2 saturated carbocycles. The van der Waals surface area contributed by atoms with E-state index in [9.17, 15) is 13.9 Å². The van der Waals surface area contributed by atoms with E-state index in [1.807, 2.05) is 0 Å². The molecular formula is C15H19F2NO. The van der Waals surface area contributed by atoms with Gasteiger partial charge in [0.25, 0.3) is 0 Å². The van der Waals surface area contributed by atoms with Crippen molar-refractivity contribution in [2.45, 2.75) is 31.8 Å². The van der Waals surface area contributed by atoms with Crippen LogP contribution >= 0.6 is 0 Å². The third-order valence-corrected chi connectivity index (χ3v) is 4.47. The second-order valence-corrected chi connectivity index (χ2v) is 5.95. The monoisotopic (exact) mass is 267 g/mol. The summed E-state index contributed by atoms with van der Waals surface area (Å²) in [5.41, 5.74) is 0.476. The Hall–Kier alpha value is -1.00. The van der Waals surface area contributed by atoms with Crippen molar-refractivity contribution >= 4 is 0 Å². The number of aliphatic hydroxyl groups excluding tert-OH is 1. The van der Waals surface area contributed by atoms with Crippen LogP contribution in [-0.2, 0) is 0 Å². The Labute approximate surface area is 111 Å². The molecule has 0 aliphatic heterocycles. The molecule has 4 heteroatoms. The van der Waals surface area contributed by atoms with E-state index in [-0.39, 0.29) is 12.1 Å². The van der Waals surface area contributed by atoms with Crippen LogP contribution in [0.25, 0.3) is 0 Å². The molecule has 19 heavy (non-hydrogen) atoms. The summed E-state index contributed by atoms with van der Waals surface area (Å²) in [5.74, 6) is -0.228. The predicted molar refractivity (Wildman–Crippen MR) is 68.6 cm³/mol. The fraction of sp³-hybridized carbons (Fsp3) is 0.600. The largest absolute Gasteiger partial charge is 0.387 e. The van der Waals surface area contributed by atoms with E-state index >= 15 is 0 Å². The lowest BCUT2D eigenvalue weighted by Crippen LogP contribution is -2.29. The molecule has 0 radical (unpaired) electrons. The minimum Gasteiger partial charge on any atom is -0.387 e. The van der Waals surface area contributed by atoms with Crippen LogP contribution < -0.4 is 5.32 Å². The zero-order chi connectivity index (χ0) is 13.5. The second-order valence-electron chi connectivity index (χ2n) is 5.95. The van der Waals surface area contributed by atoms with Crippen molar-refractivity contribution < 1.29 is 13.9 Å². The fourth-order valence-corrected chi connectivity index (χ4v) is 2.92. The molecule has 2 nitrogen and oxygen atoms in total. The maximum Gasteiger partial charge on any atom is 0.129 e. The van der Waals surface area contributed by atoms with Gasteiger partial charge in [0.1, 0.15) is 11.6 Å². The van der Waals surface area contributed by atoms with E-state index in [0.29, 0.717) is 5.41 Å². The van der Waals surface area contributed by atoms with Crippen LogP contribution in [0.5, 0.6) is 0 Å². The van der Waals surface area contributed by atoms with E-state index < -0.39 is 17.7 Å². The summed E-state index contributed by atoms with van der Waals surface area (Å²) in [5, 5.41) is 13.1. The SMILES string of the molecule is OC(CNCC1(C2CC2)CC1)c1cc(F)ccc1F.